The molecule has 3 aromatic rings. The summed E-state index contributed by atoms with van der Waals surface area (Å²) in [7, 11) is 2.50. The monoisotopic (exact) mass is 702 g/mol. The zero-order valence-corrected chi connectivity index (χ0v) is 28.8. The molecule has 0 saturated heterocycles. The molecule has 15 heteroatoms. The summed E-state index contributed by atoms with van der Waals surface area (Å²) in [5.74, 6) is -0.801. The third-order valence-electron chi connectivity index (χ3n) is 6.87. The van der Waals surface area contributed by atoms with E-state index < -0.39 is 29.5 Å². The number of thiazole rings is 1. The van der Waals surface area contributed by atoms with E-state index in [1.165, 1.54) is 18.8 Å². The fourth-order valence-electron chi connectivity index (χ4n) is 4.80. The van der Waals surface area contributed by atoms with Crippen molar-refractivity contribution in [3.63, 3.8) is 0 Å². The number of esters is 3. The Morgan fingerprint density at radius 1 is 0.896 bits per heavy atom. The molecule has 4 rings (SSSR count). The summed E-state index contributed by atoms with van der Waals surface area (Å²) in [5.41, 5.74) is 1.16. The highest BCUT2D eigenvalue weighted by atomic mass is 35.5. The minimum Gasteiger partial charge on any atom is -0.490 e. The van der Waals surface area contributed by atoms with Gasteiger partial charge in [0.05, 0.1) is 60.9 Å². The molecule has 0 radical (unpaired) electrons. The lowest BCUT2D eigenvalue weighted by Crippen LogP contribution is -2.40. The second kappa shape index (κ2) is 16.3. The third kappa shape index (κ3) is 8.00. The SMILES string of the molecule is CCOC(=O)C1=C(C)N=c2s/c(=C\c3cc(Cl)c(OCC(=O)OC)c(OCC)c3)c(=O)n2[C@H]1c1ccc(OCC(=O)OC)c(OCC)c1. The van der Waals surface area contributed by atoms with Crippen molar-refractivity contribution in [3.05, 3.63) is 77.4 Å². The average molecular weight is 703 g/mol. The van der Waals surface area contributed by atoms with Crippen molar-refractivity contribution in [1.29, 1.82) is 0 Å². The molecule has 13 nitrogen and oxygen atoms in total. The number of aromatic nitrogens is 1. The Morgan fingerprint density at radius 2 is 1.56 bits per heavy atom. The van der Waals surface area contributed by atoms with Crippen LogP contribution in [0.15, 0.2) is 51.4 Å². The first kappa shape index (κ1) is 36.0. The maximum Gasteiger partial charge on any atom is 0.343 e. The van der Waals surface area contributed by atoms with Crippen LogP contribution in [-0.4, -0.2) is 69.7 Å². The van der Waals surface area contributed by atoms with E-state index in [0.29, 0.717) is 31.9 Å². The number of hydrogen-bond donors (Lipinski definition) is 0. The minimum atomic E-state index is -0.937. The van der Waals surface area contributed by atoms with Gasteiger partial charge < -0.3 is 33.2 Å². The second-order valence-electron chi connectivity index (χ2n) is 9.93. The predicted molar refractivity (Wildman–Crippen MR) is 176 cm³/mol. The molecule has 48 heavy (non-hydrogen) atoms. The number of carbonyl (C=O) groups is 3. The summed E-state index contributed by atoms with van der Waals surface area (Å²) >= 11 is 7.65. The van der Waals surface area contributed by atoms with E-state index in [1.54, 1.807) is 64.1 Å². The molecular formula is C33H35ClN2O11S. The van der Waals surface area contributed by atoms with Crippen LogP contribution < -0.4 is 33.8 Å². The summed E-state index contributed by atoms with van der Waals surface area (Å²) in [6.07, 6.45) is 1.62. The zero-order valence-electron chi connectivity index (χ0n) is 27.2. The van der Waals surface area contributed by atoms with Gasteiger partial charge in [-0.05, 0) is 69.2 Å². The van der Waals surface area contributed by atoms with Gasteiger partial charge in [0, 0.05) is 0 Å². The van der Waals surface area contributed by atoms with E-state index in [-0.39, 0.29) is 60.9 Å². The number of benzene rings is 2. The lowest BCUT2D eigenvalue weighted by atomic mass is 9.95. The lowest BCUT2D eigenvalue weighted by molar-refractivity contribution is -0.143. The molecule has 0 bridgehead atoms. The smallest absolute Gasteiger partial charge is 0.343 e. The highest BCUT2D eigenvalue weighted by Crippen LogP contribution is 2.38. The van der Waals surface area contributed by atoms with Gasteiger partial charge in [-0.1, -0.05) is 29.0 Å². The largest absolute Gasteiger partial charge is 0.490 e. The molecule has 256 valence electrons. The molecule has 1 aliphatic rings. The van der Waals surface area contributed by atoms with Gasteiger partial charge in [0.1, 0.15) is 0 Å². The van der Waals surface area contributed by atoms with Gasteiger partial charge >= 0.3 is 17.9 Å². The van der Waals surface area contributed by atoms with Crippen LogP contribution in [0.25, 0.3) is 6.08 Å². The number of allylic oxidation sites excluding steroid dienone is 1. The molecule has 0 saturated carbocycles. The zero-order chi connectivity index (χ0) is 35.0. The van der Waals surface area contributed by atoms with Crippen molar-refractivity contribution in [3.8, 4) is 23.0 Å². The Morgan fingerprint density at radius 3 is 2.21 bits per heavy atom. The fourth-order valence-corrected chi connectivity index (χ4v) is 6.12. The first-order valence-corrected chi connectivity index (χ1v) is 16.1. The van der Waals surface area contributed by atoms with Crippen LogP contribution >= 0.6 is 22.9 Å². The van der Waals surface area contributed by atoms with Gasteiger partial charge in [-0.15, -0.1) is 0 Å². The van der Waals surface area contributed by atoms with Crippen LogP contribution in [0.3, 0.4) is 0 Å². The van der Waals surface area contributed by atoms with E-state index >= 15 is 0 Å². The van der Waals surface area contributed by atoms with Crippen molar-refractivity contribution in [1.82, 2.24) is 4.57 Å². The molecule has 0 N–H and O–H groups in total. The number of fused-ring (bicyclic) bond motifs is 1. The topological polar surface area (TPSA) is 150 Å². The molecular weight excluding hydrogens is 668 g/mol. The normalized spacial score (nSPS) is 14.1. The maximum absolute atomic E-state index is 14.2. The van der Waals surface area contributed by atoms with Gasteiger partial charge in [-0.25, -0.2) is 19.4 Å². The van der Waals surface area contributed by atoms with Crippen molar-refractivity contribution in [2.75, 3.05) is 47.3 Å². The number of carbonyl (C=O) groups excluding carboxylic acids is 3. The summed E-state index contributed by atoms with van der Waals surface area (Å²) in [4.78, 5) is 55.8. The first-order chi connectivity index (χ1) is 23.1. The quantitative estimate of drug-likeness (QED) is 0.180. The van der Waals surface area contributed by atoms with Gasteiger partial charge in [0.25, 0.3) is 5.56 Å². The minimum absolute atomic E-state index is 0.111. The predicted octanol–water partition coefficient (Wildman–Crippen LogP) is 3.35. The van der Waals surface area contributed by atoms with Crippen LogP contribution in [0.2, 0.25) is 5.02 Å². The van der Waals surface area contributed by atoms with Gasteiger partial charge in [0.2, 0.25) is 0 Å². The van der Waals surface area contributed by atoms with E-state index in [9.17, 15) is 19.2 Å². The number of methoxy groups -OCH3 is 2. The lowest BCUT2D eigenvalue weighted by Gasteiger charge is -2.25. The fraction of sp³-hybridized carbons (Fsp3) is 0.364. The van der Waals surface area contributed by atoms with Gasteiger partial charge in [0.15, 0.2) is 41.0 Å². The van der Waals surface area contributed by atoms with Crippen LogP contribution in [-0.2, 0) is 28.6 Å². The highest BCUT2D eigenvalue weighted by molar-refractivity contribution is 7.07. The molecule has 0 aliphatic carbocycles. The molecule has 1 aromatic heterocycles. The van der Waals surface area contributed by atoms with E-state index in [2.05, 4.69) is 14.5 Å². The molecule has 0 fully saturated rings. The summed E-state index contributed by atoms with van der Waals surface area (Å²) in [5, 5.41) is 0.153. The summed E-state index contributed by atoms with van der Waals surface area (Å²) in [6, 6.07) is 7.19. The summed E-state index contributed by atoms with van der Waals surface area (Å²) < 4.78 is 39.1. The van der Waals surface area contributed by atoms with Crippen molar-refractivity contribution >= 4 is 46.9 Å². The van der Waals surface area contributed by atoms with Gasteiger partial charge in [-0.3, -0.25) is 9.36 Å². The molecule has 2 aromatic carbocycles. The molecule has 0 amide bonds. The molecule has 1 atom stereocenters. The molecule has 2 heterocycles. The van der Waals surface area contributed by atoms with Crippen LogP contribution in [0.1, 0.15) is 44.9 Å². The van der Waals surface area contributed by atoms with Crippen LogP contribution in [0, 0.1) is 0 Å². The molecule has 0 unspecified atom stereocenters. The second-order valence-corrected chi connectivity index (χ2v) is 11.4. The highest BCUT2D eigenvalue weighted by Gasteiger charge is 2.34. The molecule has 0 spiro atoms. The Kier molecular flexibility index (Phi) is 12.3. The Bertz CT molecular complexity index is 1910. The van der Waals surface area contributed by atoms with E-state index in [0.717, 1.165) is 11.3 Å². The number of rotatable bonds is 14. The standard InChI is InChI=1S/C33H35ClN2O11S/c1-7-43-23-15-20(10-11-22(23)46-16-26(37)41-5)29-28(32(40)45-9-3)18(4)35-33-36(29)31(39)25(48-33)14-19-12-21(34)30(24(13-19)44-8-2)47-17-27(38)42-6/h10-15,29H,7-9,16-17H2,1-6H3/b25-14-/t29-/m0/s1. The Hall–Kier alpha value is -4.82. The number of hydrogen-bond acceptors (Lipinski definition) is 13. The molecule has 1 aliphatic heterocycles. The Balaban J connectivity index is 1.87. The van der Waals surface area contributed by atoms with Crippen molar-refractivity contribution in [2.45, 2.75) is 33.7 Å². The average Bonchev–Trinajstić information content (AvgIpc) is 3.36. The number of ether oxygens (including phenoxy) is 7. The van der Waals surface area contributed by atoms with Gasteiger partial charge in [-0.2, -0.15) is 0 Å². The van der Waals surface area contributed by atoms with Crippen LogP contribution in [0.4, 0.5) is 0 Å². The summed E-state index contributed by atoms with van der Waals surface area (Å²) in [6.45, 7) is 6.88. The first-order valence-electron chi connectivity index (χ1n) is 14.9. The third-order valence-corrected chi connectivity index (χ3v) is 8.13. The van der Waals surface area contributed by atoms with Crippen molar-refractivity contribution < 1.29 is 47.5 Å². The number of nitrogens with zero attached hydrogens (tertiary/aromatic N) is 2. The van der Waals surface area contributed by atoms with E-state index in [1.807, 2.05) is 0 Å². The number of halogens is 1. The van der Waals surface area contributed by atoms with Crippen molar-refractivity contribution in [2.24, 2.45) is 4.99 Å². The van der Waals surface area contributed by atoms with Crippen LogP contribution in [0.5, 0.6) is 23.0 Å². The van der Waals surface area contributed by atoms with E-state index in [4.69, 9.17) is 35.3 Å². The maximum atomic E-state index is 14.2. The Labute approximate surface area is 284 Å².